The van der Waals surface area contributed by atoms with Crippen molar-refractivity contribution in [1.29, 1.82) is 0 Å². The van der Waals surface area contributed by atoms with E-state index in [4.69, 9.17) is 4.74 Å². The highest BCUT2D eigenvalue weighted by Crippen LogP contribution is 2.35. The molecular formula is C21H16O2. The van der Waals surface area contributed by atoms with E-state index in [1.54, 1.807) is 6.07 Å². The fraction of sp³-hybridized carbons (Fsp3) is 0.0952. The van der Waals surface area contributed by atoms with Crippen LogP contribution in [0.25, 0.3) is 11.1 Å². The molecule has 23 heavy (non-hydrogen) atoms. The first-order chi connectivity index (χ1) is 11.3. The van der Waals surface area contributed by atoms with Crippen molar-refractivity contribution in [1.82, 2.24) is 0 Å². The van der Waals surface area contributed by atoms with Gasteiger partial charge in [-0.3, -0.25) is 0 Å². The van der Waals surface area contributed by atoms with Crippen molar-refractivity contribution in [3.63, 3.8) is 0 Å². The number of hydrogen-bond acceptors (Lipinski definition) is 2. The second-order valence-electron chi connectivity index (χ2n) is 5.72. The van der Waals surface area contributed by atoms with Crippen molar-refractivity contribution in [2.75, 3.05) is 0 Å². The Morgan fingerprint density at radius 3 is 1.65 bits per heavy atom. The molecule has 112 valence electrons. The molecule has 0 spiro atoms. The number of ether oxygens (including phenoxy) is 1. The van der Waals surface area contributed by atoms with Crippen LogP contribution in [0.3, 0.4) is 0 Å². The topological polar surface area (TPSA) is 26.3 Å². The average Bonchev–Trinajstić information content (AvgIpc) is 3.17. The summed E-state index contributed by atoms with van der Waals surface area (Å²) in [5.41, 5.74) is 7.46. The van der Waals surface area contributed by atoms with Crippen molar-refractivity contribution in [3.05, 3.63) is 95.1 Å². The minimum absolute atomic E-state index is 0.199. The number of cyclic esters (lactones) is 1. The van der Waals surface area contributed by atoms with E-state index >= 15 is 0 Å². The Bertz CT molecular complexity index is 837. The molecule has 1 heterocycles. The van der Waals surface area contributed by atoms with Gasteiger partial charge in [-0.25, -0.2) is 4.79 Å². The maximum atomic E-state index is 10.8. The molecule has 3 aromatic carbocycles. The molecule has 1 aliphatic heterocycles. The Morgan fingerprint density at radius 1 is 0.609 bits per heavy atom. The monoisotopic (exact) mass is 300 g/mol. The first-order valence-corrected chi connectivity index (χ1v) is 7.74. The first-order valence-electron chi connectivity index (χ1n) is 7.74. The molecule has 2 aliphatic rings. The Morgan fingerprint density at radius 2 is 1.09 bits per heavy atom. The summed E-state index contributed by atoms with van der Waals surface area (Å²) in [6.07, 6.45) is 1.10. The van der Waals surface area contributed by atoms with E-state index in [0.29, 0.717) is 12.2 Å². The number of esters is 1. The summed E-state index contributed by atoms with van der Waals surface area (Å²) in [5.74, 6) is -0.199. The maximum Gasteiger partial charge on any atom is 0.338 e. The van der Waals surface area contributed by atoms with Gasteiger partial charge >= 0.3 is 5.97 Å². The summed E-state index contributed by atoms with van der Waals surface area (Å²) in [6.45, 7) is 0.439. The molecule has 0 radical (unpaired) electrons. The van der Waals surface area contributed by atoms with Gasteiger partial charge in [0.05, 0.1) is 5.56 Å². The third-order valence-corrected chi connectivity index (χ3v) is 4.30. The molecule has 0 saturated carbocycles. The predicted octanol–water partition coefficient (Wildman–Crippen LogP) is 4.61. The fourth-order valence-electron chi connectivity index (χ4n) is 3.15. The fourth-order valence-corrected chi connectivity index (χ4v) is 3.15. The molecule has 3 aromatic rings. The van der Waals surface area contributed by atoms with Crippen LogP contribution in [-0.2, 0) is 17.8 Å². The predicted molar refractivity (Wildman–Crippen MR) is 90.2 cm³/mol. The Kier molecular flexibility index (Phi) is 3.43. The van der Waals surface area contributed by atoms with Crippen LogP contribution in [0.4, 0.5) is 0 Å². The lowest BCUT2D eigenvalue weighted by atomic mass is 10.1. The number of benzene rings is 3. The van der Waals surface area contributed by atoms with Gasteiger partial charge < -0.3 is 4.74 Å². The second-order valence-corrected chi connectivity index (χ2v) is 5.72. The third kappa shape index (κ3) is 2.53. The zero-order valence-electron chi connectivity index (χ0n) is 12.7. The number of rotatable bonds is 0. The molecule has 0 saturated heterocycles. The maximum absolute atomic E-state index is 10.8. The SMILES string of the molecule is O=C1OCc2ccccc21.c1ccc2c(c1)Cc1ccccc1-2. The first kappa shape index (κ1) is 13.8. The van der Waals surface area contributed by atoms with Crippen LogP contribution in [-0.4, -0.2) is 5.97 Å². The van der Waals surface area contributed by atoms with Crippen LogP contribution < -0.4 is 0 Å². The smallest absolute Gasteiger partial charge is 0.338 e. The average molecular weight is 300 g/mol. The van der Waals surface area contributed by atoms with Crippen LogP contribution >= 0.6 is 0 Å². The molecule has 1 aliphatic carbocycles. The van der Waals surface area contributed by atoms with E-state index < -0.39 is 0 Å². The standard InChI is InChI=1S/C13H10.C8H6O2/c1-3-7-12-10(5-1)9-11-6-2-4-8-13(11)12;9-8-7-4-2-1-3-6(7)5-10-8/h1-8H,9H2;1-4H,5H2. The molecule has 0 amide bonds. The highest BCUT2D eigenvalue weighted by molar-refractivity contribution is 5.93. The molecule has 5 rings (SSSR count). The van der Waals surface area contributed by atoms with Crippen molar-refractivity contribution in [2.45, 2.75) is 13.0 Å². The Hall–Kier alpha value is -2.87. The van der Waals surface area contributed by atoms with Gasteiger partial charge in [0.1, 0.15) is 6.61 Å². The lowest BCUT2D eigenvalue weighted by Gasteiger charge is -1.98. The van der Waals surface area contributed by atoms with E-state index in [9.17, 15) is 4.79 Å². The van der Waals surface area contributed by atoms with Crippen molar-refractivity contribution >= 4 is 5.97 Å². The molecular weight excluding hydrogens is 284 g/mol. The normalized spacial score (nSPS) is 13.3. The quantitative estimate of drug-likeness (QED) is 0.443. The molecule has 0 N–H and O–H groups in total. The largest absolute Gasteiger partial charge is 0.457 e. The Labute approximate surface area is 135 Å². The van der Waals surface area contributed by atoms with Gasteiger partial charge in [-0.05, 0) is 34.7 Å². The lowest BCUT2D eigenvalue weighted by molar-refractivity contribution is 0.0535. The van der Waals surface area contributed by atoms with E-state index in [1.165, 1.54) is 22.3 Å². The van der Waals surface area contributed by atoms with Crippen LogP contribution in [0.5, 0.6) is 0 Å². The molecule has 2 heteroatoms. The van der Waals surface area contributed by atoms with Gasteiger partial charge in [0, 0.05) is 5.56 Å². The Balaban J connectivity index is 0.000000122. The summed E-state index contributed by atoms with van der Waals surface area (Å²) in [5, 5.41) is 0. The summed E-state index contributed by atoms with van der Waals surface area (Å²) in [7, 11) is 0. The summed E-state index contributed by atoms with van der Waals surface area (Å²) in [6, 6.07) is 24.7. The number of carbonyl (C=O) groups excluding carboxylic acids is 1. The molecule has 0 atom stereocenters. The van der Waals surface area contributed by atoms with Crippen LogP contribution in [0, 0.1) is 0 Å². The molecule has 0 aromatic heterocycles. The molecule has 0 bridgehead atoms. The van der Waals surface area contributed by atoms with Gasteiger partial charge in [0.2, 0.25) is 0 Å². The van der Waals surface area contributed by atoms with Crippen molar-refractivity contribution in [2.24, 2.45) is 0 Å². The van der Waals surface area contributed by atoms with Crippen LogP contribution in [0.15, 0.2) is 72.8 Å². The van der Waals surface area contributed by atoms with Crippen molar-refractivity contribution in [3.8, 4) is 11.1 Å². The molecule has 0 unspecified atom stereocenters. The van der Waals surface area contributed by atoms with E-state index in [1.807, 2.05) is 18.2 Å². The third-order valence-electron chi connectivity index (χ3n) is 4.30. The number of fused-ring (bicyclic) bond motifs is 4. The zero-order valence-corrected chi connectivity index (χ0v) is 12.7. The van der Waals surface area contributed by atoms with Gasteiger partial charge in [0.25, 0.3) is 0 Å². The lowest BCUT2D eigenvalue weighted by Crippen LogP contribution is -1.91. The zero-order chi connectivity index (χ0) is 15.6. The molecule has 0 fully saturated rings. The van der Waals surface area contributed by atoms with Crippen LogP contribution in [0.1, 0.15) is 27.0 Å². The van der Waals surface area contributed by atoms with E-state index in [2.05, 4.69) is 48.5 Å². The van der Waals surface area contributed by atoms with Crippen LogP contribution in [0.2, 0.25) is 0 Å². The van der Waals surface area contributed by atoms with Gasteiger partial charge in [-0.15, -0.1) is 0 Å². The minimum atomic E-state index is -0.199. The molecule has 2 nitrogen and oxygen atoms in total. The summed E-state index contributed by atoms with van der Waals surface area (Å²) >= 11 is 0. The number of carbonyl (C=O) groups is 1. The van der Waals surface area contributed by atoms with Gasteiger partial charge in [-0.2, -0.15) is 0 Å². The summed E-state index contributed by atoms with van der Waals surface area (Å²) in [4.78, 5) is 10.8. The summed E-state index contributed by atoms with van der Waals surface area (Å²) < 4.78 is 4.78. The van der Waals surface area contributed by atoms with Gasteiger partial charge in [-0.1, -0.05) is 66.7 Å². The minimum Gasteiger partial charge on any atom is -0.457 e. The van der Waals surface area contributed by atoms with E-state index in [-0.39, 0.29) is 5.97 Å². The van der Waals surface area contributed by atoms with Gasteiger partial charge in [0.15, 0.2) is 0 Å². The number of hydrogen-bond donors (Lipinski definition) is 0. The van der Waals surface area contributed by atoms with Crippen molar-refractivity contribution < 1.29 is 9.53 Å². The highest BCUT2D eigenvalue weighted by atomic mass is 16.5. The van der Waals surface area contributed by atoms with E-state index in [0.717, 1.165) is 12.0 Å². The highest BCUT2D eigenvalue weighted by Gasteiger charge is 2.19. The second kappa shape index (κ2) is 5.73.